The lowest BCUT2D eigenvalue weighted by atomic mass is 10.0. The molecule has 112 valence electrons. The highest BCUT2D eigenvalue weighted by molar-refractivity contribution is 6.06. The molecule has 2 aromatic rings. The number of pyridine rings is 1. The van der Waals surface area contributed by atoms with Crippen LogP contribution in [0.2, 0.25) is 0 Å². The number of fused-ring (bicyclic) bond motifs is 2. The average Bonchev–Trinajstić information content (AvgIpc) is 3.13. The number of hydrogen-bond donors (Lipinski definition) is 0. The molecular formula is C18H17NO3. The largest absolute Gasteiger partial charge is 0.451 e. The van der Waals surface area contributed by atoms with Gasteiger partial charge >= 0.3 is 5.97 Å². The number of carbonyl (C=O) groups is 2. The molecule has 0 radical (unpaired) electrons. The molecule has 0 aliphatic heterocycles. The Labute approximate surface area is 128 Å². The number of para-hydroxylation sites is 1. The molecular weight excluding hydrogens is 278 g/mol. The van der Waals surface area contributed by atoms with Gasteiger partial charge in [-0.15, -0.1) is 0 Å². The number of hydrogen-bond acceptors (Lipinski definition) is 4. The smallest absolute Gasteiger partial charge is 0.339 e. The summed E-state index contributed by atoms with van der Waals surface area (Å²) in [6.07, 6.45) is 4.20. The molecule has 1 saturated carbocycles. The van der Waals surface area contributed by atoms with E-state index in [-0.39, 0.29) is 11.8 Å². The van der Waals surface area contributed by atoms with Crippen LogP contribution in [0.5, 0.6) is 0 Å². The van der Waals surface area contributed by atoms with Crippen molar-refractivity contribution in [3.8, 4) is 0 Å². The Morgan fingerprint density at radius 1 is 1.14 bits per heavy atom. The maximum absolute atomic E-state index is 12.7. The maximum Gasteiger partial charge on any atom is 0.339 e. The zero-order chi connectivity index (χ0) is 15.1. The zero-order valence-electron chi connectivity index (χ0n) is 12.3. The van der Waals surface area contributed by atoms with Crippen LogP contribution in [0.4, 0.5) is 0 Å². The van der Waals surface area contributed by atoms with E-state index in [1.165, 1.54) is 0 Å². The normalized spacial score (nSPS) is 20.4. The first-order valence-electron chi connectivity index (χ1n) is 7.88. The molecule has 4 heteroatoms. The van der Waals surface area contributed by atoms with Gasteiger partial charge in [-0.2, -0.15) is 0 Å². The predicted octanol–water partition coefficient (Wildman–Crippen LogP) is 3.00. The van der Waals surface area contributed by atoms with Crippen molar-refractivity contribution in [2.24, 2.45) is 0 Å². The van der Waals surface area contributed by atoms with Crippen molar-refractivity contribution in [2.75, 3.05) is 0 Å². The van der Waals surface area contributed by atoms with Crippen molar-refractivity contribution in [3.63, 3.8) is 0 Å². The lowest BCUT2D eigenvalue weighted by Gasteiger charge is -2.14. The third kappa shape index (κ3) is 2.10. The van der Waals surface area contributed by atoms with Crippen molar-refractivity contribution >= 4 is 22.7 Å². The Morgan fingerprint density at radius 2 is 2.00 bits per heavy atom. The number of carbonyl (C=O) groups excluding carboxylic acids is 2. The Morgan fingerprint density at radius 3 is 2.82 bits per heavy atom. The van der Waals surface area contributed by atoms with Crippen molar-refractivity contribution < 1.29 is 14.3 Å². The first-order valence-corrected chi connectivity index (χ1v) is 7.88. The number of nitrogens with zero attached hydrogens (tertiary/aromatic N) is 1. The molecule has 4 rings (SSSR count). The van der Waals surface area contributed by atoms with Crippen molar-refractivity contribution in [2.45, 2.75) is 44.6 Å². The quantitative estimate of drug-likeness (QED) is 0.799. The van der Waals surface area contributed by atoms with Gasteiger partial charge in [0, 0.05) is 17.5 Å². The number of esters is 1. The molecule has 2 aliphatic rings. The van der Waals surface area contributed by atoms with E-state index in [1.807, 2.05) is 24.3 Å². The highest BCUT2D eigenvalue weighted by Gasteiger charge is 2.31. The van der Waals surface area contributed by atoms with Gasteiger partial charge in [-0.3, -0.25) is 9.78 Å². The standard InChI is InChI=1S/C18H17NO3/c20-15-9-4-10-16(15)22-18(21)17-11-5-1-2-7-13(11)19-14-8-3-6-12(14)17/h1-2,5,7,16H,3-4,6,8-10H2/t16-/m0/s1. The van der Waals surface area contributed by atoms with Gasteiger partial charge in [0.2, 0.25) is 0 Å². The minimum atomic E-state index is -0.559. The predicted molar refractivity (Wildman–Crippen MR) is 81.8 cm³/mol. The van der Waals surface area contributed by atoms with Crippen LogP contribution < -0.4 is 0 Å². The molecule has 0 saturated heterocycles. The van der Waals surface area contributed by atoms with Crippen LogP contribution in [-0.4, -0.2) is 22.8 Å². The molecule has 0 amide bonds. The Bertz CT molecular complexity index is 781. The Hall–Kier alpha value is -2.23. The van der Waals surface area contributed by atoms with Gasteiger partial charge in [0.15, 0.2) is 11.9 Å². The van der Waals surface area contributed by atoms with Gasteiger partial charge in [0.25, 0.3) is 0 Å². The summed E-state index contributed by atoms with van der Waals surface area (Å²) < 4.78 is 5.53. The van der Waals surface area contributed by atoms with Gasteiger partial charge in [-0.25, -0.2) is 4.79 Å². The first-order chi connectivity index (χ1) is 10.7. The minimum Gasteiger partial charge on any atom is -0.451 e. The molecule has 22 heavy (non-hydrogen) atoms. The van der Waals surface area contributed by atoms with Crippen LogP contribution >= 0.6 is 0 Å². The van der Waals surface area contributed by atoms with E-state index in [1.54, 1.807) is 0 Å². The molecule has 0 unspecified atom stereocenters. The van der Waals surface area contributed by atoms with E-state index in [4.69, 9.17) is 4.74 Å². The monoisotopic (exact) mass is 295 g/mol. The molecule has 0 spiro atoms. The molecule has 1 fully saturated rings. The number of aromatic nitrogens is 1. The highest BCUT2D eigenvalue weighted by Crippen LogP contribution is 2.31. The maximum atomic E-state index is 12.7. The van der Waals surface area contributed by atoms with Crippen LogP contribution in [-0.2, 0) is 22.4 Å². The molecule has 0 N–H and O–H groups in total. The lowest BCUT2D eigenvalue weighted by Crippen LogP contribution is -2.23. The van der Waals surface area contributed by atoms with E-state index < -0.39 is 6.10 Å². The van der Waals surface area contributed by atoms with Gasteiger partial charge in [0.1, 0.15) is 0 Å². The van der Waals surface area contributed by atoms with Gasteiger partial charge in [0.05, 0.1) is 11.1 Å². The molecule has 4 nitrogen and oxygen atoms in total. The second-order valence-corrected chi connectivity index (χ2v) is 6.04. The number of Topliss-reactive ketones (excluding diaryl/α,β-unsaturated/α-hetero) is 1. The topological polar surface area (TPSA) is 56.3 Å². The van der Waals surface area contributed by atoms with Gasteiger partial charge in [-0.05, 0) is 43.7 Å². The molecule has 1 heterocycles. The molecule has 2 aliphatic carbocycles. The van der Waals surface area contributed by atoms with Crippen molar-refractivity contribution in [1.29, 1.82) is 0 Å². The Balaban J connectivity index is 1.79. The van der Waals surface area contributed by atoms with Crippen LogP contribution in [0.1, 0.15) is 47.3 Å². The summed E-state index contributed by atoms with van der Waals surface area (Å²) in [6, 6.07) is 7.66. The van der Waals surface area contributed by atoms with Crippen molar-refractivity contribution in [3.05, 3.63) is 41.1 Å². The summed E-state index contributed by atoms with van der Waals surface area (Å²) in [5.41, 5.74) is 3.46. The number of benzene rings is 1. The van der Waals surface area contributed by atoms with E-state index in [2.05, 4.69) is 4.98 Å². The second-order valence-electron chi connectivity index (χ2n) is 6.04. The van der Waals surface area contributed by atoms with E-state index >= 15 is 0 Å². The number of ether oxygens (including phenoxy) is 1. The molecule has 1 aromatic heterocycles. The summed E-state index contributed by atoms with van der Waals surface area (Å²) in [6.45, 7) is 0. The highest BCUT2D eigenvalue weighted by atomic mass is 16.5. The van der Waals surface area contributed by atoms with Crippen LogP contribution in [0.15, 0.2) is 24.3 Å². The SMILES string of the molecule is O=C(O[C@H]1CCCC1=O)c1c2c(nc3ccccc13)CCC2. The number of aryl methyl sites for hydroxylation is 1. The summed E-state index contributed by atoms with van der Waals surface area (Å²) >= 11 is 0. The van der Waals surface area contributed by atoms with E-state index in [0.717, 1.165) is 47.8 Å². The fourth-order valence-corrected chi connectivity index (χ4v) is 3.54. The fraction of sp³-hybridized carbons (Fsp3) is 0.389. The summed E-state index contributed by atoms with van der Waals surface area (Å²) in [5, 5.41) is 0.832. The van der Waals surface area contributed by atoms with Crippen LogP contribution in [0.25, 0.3) is 10.9 Å². The molecule has 1 atom stereocenters. The van der Waals surface area contributed by atoms with Crippen LogP contribution in [0.3, 0.4) is 0 Å². The third-order valence-corrected chi connectivity index (χ3v) is 4.62. The minimum absolute atomic E-state index is 0.0448. The zero-order valence-corrected chi connectivity index (χ0v) is 12.3. The molecule has 1 aromatic carbocycles. The average molecular weight is 295 g/mol. The fourth-order valence-electron chi connectivity index (χ4n) is 3.54. The van der Waals surface area contributed by atoms with Crippen LogP contribution in [0, 0.1) is 0 Å². The summed E-state index contributed by atoms with van der Waals surface area (Å²) in [7, 11) is 0. The van der Waals surface area contributed by atoms with E-state index in [0.29, 0.717) is 18.4 Å². The van der Waals surface area contributed by atoms with Crippen molar-refractivity contribution in [1.82, 2.24) is 4.98 Å². The second kappa shape index (κ2) is 5.20. The first kappa shape index (κ1) is 13.4. The van der Waals surface area contributed by atoms with Gasteiger partial charge < -0.3 is 4.74 Å². The summed E-state index contributed by atoms with van der Waals surface area (Å²) in [4.78, 5) is 29.1. The third-order valence-electron chi connectivity index (χ3n) is 4.62. The van der Waals surface area contributed by atoms with Gasteiger partial charge in [-0.1, -0.05) is 18.2 Å². The number of rotatable bonds is 2. The lowest BCUT2D eigenvalue weighted by molar-refractivity contribution is -0.124. The number of ketones is 1. The summed E-state index contributed by atoms with van der Waals surface area (Å²) in [5.74, 6) is -0.319. The Kier molecular flexibility index (Phi) is 3.17. The van der Waals surface area contributed by atoms with E-state index in [9.17, 15) is 9.59 Å². The molecule has 0 bridgehead atoms.